The molecule has 1 N–H and O–H groups in total. The molecule has 0 atom stereocenters. The highest BCUT2D eigenvalue weighted by Gasteiger charge is 2.22. The molecule has 3 heterocycles. The summed E-state index contributed by atoms with van der Waals surface area (Å²) in [4.78, 5) is 16.1. The first-order valence-corrected chi connectivity index (χ1v) is 9.24. The predicted molar refractivity (Wildman–Crippen MR) is 104 cm³/mol. The molecule has 4 rings (SSSR count). The van der Waals surface area contributed by atoms with E-state index in [1.807, 2.05) is 30.3 Å². The van der Waals surface area contributed by atoms with E-state index in [0.29, 0.717) is 17.1 Å². The van der Waals surface area contributed by atoms with Gasteiger partial charge in [-0.1, -0.05) is 41.9 Å². The number of carbonyl (C=O) groups excluding carboxylic acids is 1. The molecule has 7 nitrogen and oxygen atoms in total. The van der Waals surface area contributed by atoms with Crippen molar-refractivity contribution in [1.82, 2.24) is 24.4 Å². The highest BCUT2D eigenvalue weighted by molar-refractivity contribution is 6.33. The summed E-state index contributed by atoms with van der Waals surface area (Å²) >= 11 is 6.13. The standard InChI is InChI=1S/C19H13ClF4N6O/c20-11-9-29(8-10-4-2-1-3-5-10)28-18(11)26-19(31)13-7-15-25-12(16(21)22)6-14(17(23)24)30(15)27-13/h1-7,9,16-17H,8H2,(H,26,28,31). The molecule has 0 unspecified atom stereocenters. The molecule has 0 fully saturated rings. The molecule has 3 aromatic heterocycles. The molecule has 31 heavy (non-hydrogen) atoms. The van der Waals surface area contributed by atoms with Crippen molar-refractivity contribution in [3.63, 3.8) is 0 Å². The molecule has 160 valence electrons. The van der Waals surface area contributed by atoms with Crippen molar-refractivity contribution in [2.75, 3.05) is 5.32 Å². The molecule has 0 saturated carbocycles. The molecule has 0 radical (unpaired) electrons. The van der Waals surface area contributed by atoms with Crippen LogP contribution in [0.25, 0.3) is 5.65 Å². The Morgan fingerprint density at radius 3 is 2.48 bits per heavy atom. The Balaban J connectivity index is 1.59. The van der Waals surface area contributed by atoms with Crippen molar-refractivity contribution >= 4 is 29.0 Å². The van der Waals surface area contributed by atoms with Crippen molar-refractivity contribution in [1.29, 1.82) is 0 Å². The van der Waals surface area contributed by atoms with Crippen LogP contribution >= 0.6 is 11.6 Å². The zero-order valence-corrected chi connectivity index (χ0v) is 16.3. The fourth-order valence-corrected chi connectivity index (χ4v) is 3.10. The van der Waals surface area contributed by atoms with E-state index >= 15 is 0 Å². The highest BCUT2D eigenvalue weighted by atomic mass is 35.5. The maximum absolute atomic E-state index is 13.3. The molecule has 0 aliphatic carbocycles. The highest BCUT2D eigenvalue weighted by Crippen LogP contribution is 2.26. The van der Waals surface area contributed by atoms with Gasteiger partial charge in [0.2, 0.25) is 0 Å². The smallest absolute Gasteiger partial charge is 0.280 e. The molecule has 0 saturated heterocycles. The summed E-state index contributed by atoms with van der Waals surface area (Å²) in [5, 5.41) is 10.6. The van der Waals surface area contributed by atoms with Crippen LogP contribution < -0.4 is 5.32 Å². The topological polar surface area (TPSA) is 77.1 Å². The van der Waals surface area contributed by atoms with Gasteiger partial charge in [-0.05, 0) is 11.6 Å². The molecule has 12 heteroatoms. The third-order valence-corrected chi connectivity index (χ3v) is 4.57. The molecular formula is C19H13ClF4N6O. The van der Waals surface area contributed by atoms with Crippen LogP contribution in [0.3, 0.4) is 0 Å². The number of aromatic nitrogens is 5. The minimum Gasteiger partial charge on any atom is -0.302 e. The minimum absolute atomic E-state index is 0.0370. The first kappa shape index (κ1) is 20.8. The van der Waals surface area contributed by atoms with Gasteiger partial charge in [0.05, 0.1) is 6.54 Å². The van der Waals surface area contributed by atoms with Crippen LogP contribution in [0.2, 0.25) is 5.02 Å². The van der Waals surface area contributed by atoms with E-state index in [4.69, 9.17) is 11.6 Å². The first-order valence-electron chi connectivity index (χ1n) is 8.87. The lowest BCUT2D eigenvalue weighted by molar-refractivity contribution is 0.102. The summed E-state index contributed by atoms with van der Waals surface area (Å²) in [7, 11) is 0. The number of rotatable bonds is 6. The van der Waals surface area contributed by atoms with Gasteiger partial charge in [-0.25, -0.2) is 27.1 Å². The Labute approximate surface area is 177 Å². The van der Waals surface area contributed by atoms with E-state index in [9.17, 15) is 22.4 Å². The summed E-state index contributed by atoms with van der Waals surface area (Å²) in [5.41, 5.74) is -1.30. The number of nitrogens with one attached hydrogen (secondary N) is 1. The average Bonchev–Trinajstić information content (AvgIpc) is 3.31. The molecule has 0 aliphatic rings. The number of amides is 1. The lowest BCUT2D eigenvalue weighted by Gasteiger charge is -2.06. The molecule has 4 aromatic rings. The Hall–Kier alpha value is -3.47. The van der Waals surface area contributed by atoms with Gasteiger partial charge >= 0.3 is 0 Å². The van der Waals surface area contributed by atoms with Crippen LogP contribution in [-0.4, -0.2) is 30.3 Å². The van der Waals surface area contributed by atoms with Gasteiger partial charge in [-0.3, -0.25) is 9.48 Å². The second-order valence-electron chi connectivity index (χ2n) is 6.47. The van der Waals surface area contributed by atoms with Gasteiger partial charge in [-0.15, -0.1) is 0 Å². The van der Waals surface area contributed by atoms with Crippen molar-refractivity contribution in [2.45, 2.75) is 19.4 Å². The van der Waals surface area contributed by atoms with Crippen molar-refractivity contribution in [3.8, 4) is 0 Å². The predicted octanol–water partition coefficient (Wildman–Crippen LogP) is 4.76. The van der Waals surface area contributed by atoms with Gasteiger partial charge in [0.25, 0.3) is 18.8 Å². The van der Waals surface area contributed by atoms with Crippen LogP contribution in [0.5, 0.6) is 0 Å². The van der Waals surface area contributed by atoms with E-state index in [1.54, 1.807) is 0 Å². The maximum atomic E-state index is 13.3. The molecule has 0 aliphatic heterocycles. The van der Waals surface area contributed by atoms with Gasteiger partial charge in [0.15, 0.2) is 17.2 Å². The van der Waals surface area contributed by atoms with E-state index in [0.717, 1.165) is 11.6 Å². The van der Waals surface area contributed by atoms with Gasteiger partial charge in [-0.2, -0.15) is 10.2 Å². The number of benzene rings is 1. The number of alkyl halides is 4. The number of hydrogen-bond donors (Lipinski definition) is 1. The summed E-state index contributed by atoms with van der Waals surface area (Å²) < 4.78 is 54.6. The van der Waals surface area contributed by atoms with Crippen molar-refractivity contribution < 1.29 is 22.4 Å². The lowest BCUT2D eigenvalue weighted by Crippen LogP contribution is -2.14. The average molecular weight is 453 g/mol. The number of fused-ring (bicyclic) bond motifs is 1. The molecular weight excluding hydrogens is 440 g/mol. The van der Waals surface area contributed by atoms with Crippen molar-refractivity contribution in [3.05, 3.63) is 76.3 Å². The monoisotopic (exact) mass is 452 g/mol. The zero-order chi connectivity index (χ0) is 22.1. The van der Waals surface area contributed by atoms with Crippen LogP contribution in [0, 0.1) is 0 Å². The molecule has 0 bridgehead atoms. The SMILES string of the molecule is O=C(Nc1nn(Cc2ccccc2)cc1Cl)c1cc2nc(C(F)F)cc(C(F)F)n2n1. The Bertz CT molecular complexity index is 1240. The second kappa shape index (κ2) is 8.34. The van der Waals surface area contributed by atoms with E-state index in [2.05, 4.69) is 20.5 Å². The summed E-state index contributed by atoms with van der Waals surface area (Å²) in [6.45, 7) is 0.406. The first-order chi connectivity index (χ1) is 14.8. The van der Waals surface area contributed by atoms with Crippen LogP contribution in [0.15, 0.2) is 48.7 Å². The number of hydrogen-bond acceptors (Lipinski definition) is 4. The van der Waals surface area contributed by atoms with E-state index in [-0.39, 0.29) is 22.2 Å². The number of carbonyl (C=O) groups is 1. The summed E-state index contributed by atoms with van der Waals surface area (Å²) in [5.74, 6) is -0.772. The van der Waals surface area contributed by atoms with Crippen LogP contribution in [-0.2, 0) is 6.54 Å². The van der Waals surface area contributed by atoms with Crippen LogP contribution in [0.1, 0.15) is 40.3 Å². The van der Waals surface area contributed by atoms with E-state index in [1.165, 1.54) is 10.9 Å². The maximum Gasteiger partial charge on any atom is 0.280 e. The molecule has 1 aromatic carbocycles. The van der Waals surface area contributed by atoms with E-state index < -0.39 is 30.1 Å². The van der Waals surface area contributed by atoms with Crippen molar-refractivity contribution in [2.24, 2.45) is 0 Å². The Morgan fingerprint density at radius 1 is 1.06 bits per heavy atom. The largest absolute Gasteiger partial charge is 0.302 e. The fourth-order valence-electron chi connectivity index (χ4n) is 2.90. The third-order valence-electron chi connectivity index (χ3n) is 4.29. The summed E-state index contributed by atoms with van der Waals surface area (Å²) in [6, 6.07) is 11.0. The molecule has 0 spiro atoms. The Morgan fingerprint density at radius 2 is 1.81 bits per heavy atom. The van der Waals surface area contributed by atoms with Crippen LogP contribution in [0.4, 0.5) is 23.4 Å². The quantitative estimate of drug-likeness (QED) is 0.428. The number of anilines is 1. The lowest BCUT2D eigenvalue weighted by atomic mass is 10.2. The second-order valence-corrected chi connectivity index (χ2v) is 6.88. The number of nitrogens with zero attached hydrogens (tertiary/aromatic N) is 5. The third kappa shape index (κ3) is 4.36. The Kier molecular flexibility index (Phi) is 5.59. The van der Waals surface area contributed by atoms with Gasteiger partial charge in [0.1, 0.15) is 16.4 Å². The minimum atomic E-state index is -3.10. The van der Waals surface area contributed by atoms with Gasteiger partial charge < -0.3 is 5.32 Å². The normalized spacial score (nSPS) is 11.6. The zero-order valence-electron chi connectivity index (χ0n) is 15.5. The summed E-state index contributed by atoms with van der Waals surface area (Å²) in [6.07, 6.45) is -4.64. The number of halogens is 5. The fraction of sp³-hybridized carbons (Fsp3) is 0.158. The molecule has 1 amide bonds. The van der Waals surface area contributed by atoms with Gasteiger partial charge in [0, 0.05) is 12.3 Å².